The number of rotatable bonds is 2. The van der Waals surface area contributed by atoms with Crippen LogP contribution in [-0.2, 0) is 9.53 Å². The van der Waals surface area contributed by atoms with E-state index >= 15 is 0 Å². The number of halogens is 3. The summed E-state index contributed by atoms with van der Waals surface area (Å²) in [7, 11) is 0. The SMILES string of the molecule is O=C1OC(c2cc(I)ccc2Cl)=N/C1=C\c1cc2c(cc1Br)OCO2. The van der Waals surface area contributed by atoms with Crippen molar-refractivity contribution in [1.82, 2.24) is 0 Å². The molecular formula is C17H8BrClINO4. The second-order valence-electron chi connectivity index (χ2n) is 5.19. The van der Waals surface area contributed by atoms with Crippen molar-refractivity contribution in [3.05, 3.63) is 60.2 Å². The van der Waals surface area contributed by atoms with E-state index in [0.29, 0.717) is 22.1 Å². The minimum atomic E-state index is -0.533. The van der Waals surface area contributed by atoms with Gasteiger partial charge in [0.1, 0.15) is 0 Å². The molecule has 0 saturated carbocycles. The van der Waals surface area contributed by atoms with Crippen LogP contribution in [0.3, 0.4) is 0 Å². The van der Waals surface area contributed by atoms with Crippen LogP contribution in [0.15, 0.2) is 45.5 Å². The number of ether oxygens (including phenoxy) is 3. The quantitative estimate of drug-likeness (QED) is 0.318. The fourth-order valence-electron chi connectivity index (χ4n) is 2.38. The second-order valence-corrected chi connectivity index (χ2v) is 7.69. The molecule has 0 spiro atoms. The van der Waals surface area contributed by atoms with Crippen molar-refractivity contribution in [2.24, 2.45) is 4.99 Å². The monoisotopic (exact) mass is 531 g/mol. The predicted octanol–water partition coefficient (Wildman–Crippen LogP) is 4.78. The number of hydrogen-bond acceptors (Lipinski definition) is 5. The highest BCUT2D eigenvalue weighted by Gasteiger charge is 2.26. The molecule has 4 rings (SSSR count). The Kier molecular flexibility index (Phi) is 4.47. The van der Waals surface area contributed by atoms with Crippen molar-refractivity contribution < 1.29 is 19.0 Å². The van der Waals surface area contributed by atoms with E-state index in [0.717, 1.165) is 13.6 Å². The fourth-order valence-corrected chi connectivity index (χ4v) is 3.50. The van der Waals surface area contributed by atoms with E-state index in [1.807, 2.05) is 12.1 Å². The molecule has 8 heteroatoms. The van der Waals surface area contributed by atoms with Gasteiger partial charge in [-0.15, -0.1) is 0 Å². The molecule has 0 aliphatic carbocycles. The lowest BCUT2D eigenvalue weighted by Gasteiger charge is -2.02. The summed E-state index contributed by atoms with van der Waals surface area (Å²) in [5.74, 6) is 0.926. The van der Waals surface area contributed by atoms with E-state index in [1.54, 1.807) is 24.3 Å². The molecule has 0 N–H and O–H groups in total. The molecule has 126 valence electrons. The highest BCUT2D eigenvalue weighted by atomic mass is 127. The number of nitrogens with zero attached hydrogens (tertiary/aromatic N) is 1. The van der Waals surface area contributed by atoms with Gasteiger partial charge in [0.05, 0.1) is 10.6 Å². The lowest BCUT2D eigenvalue weighted by molar-refractivity contribution is -0.129. The van der Waals surface area contributed by atoms with Crippen LogP contribution in [-0.4, -0.2) is 18.7 Å². The van der Waals surface area contributed by atoms with Crippen LogP contribution >= 0.6 is 50.1 Å². The van der Waals surface area contributed by atoms with Crippen LogP contribution in [0.5, 0.6) is 11.5 Å². The summed E-state index contributed by atoms with van der Waals surface area (Å²) in [6, 6.07) is 8.98. The van der Waals surface area contributed by atoms with Gasteiger partial charge in [-0.1, -0.05) is 27.5 Å². The number of hydrogen-bond donors (Lipinski definition) is 0. The zero-order valence-corrected chi connectivity index (χ0v) is 16.9. The lowest BCUT2D eigenvalue weighted by Crippen LogP contribution is -2.06. The molecule has 0 saturated heterocycles. The third kappa shape index (κ3) is 3.28. The van der Waals surface area contributed by atoms with Gasteiger partial charge >= 0.3 is 5.97 Å². The molecule has 0 bridgehead atoms. The van der Waals surface area contributed by atoms with E-state index in [-0.39, 0.29) is 18.4 Å². The van der Waals surface area contributed by atoms with E-state index < -0.39 is 5.97 Å². The first-order valence-electron chi connectivity index (χ1n) is 7.08. The highest BCUT2D eigenvalue weighted by molar-refractivity contribution is 14.1. The maximum Gasteiger partial charge on any atom is 0.363 e. The van der Waals surface area contributed by atoms with Gasteiger partial charge in [-0.05, 0) is 64.6 Å². The zero-order valence-electron chi connectivity index (χ0n) is 12.4. The molecule has 0 radical (unpaired) electrons. The molecule has 0 aromatic heterocycles. The standard InChI is InChI=1S/C17H8BrClINO4/c18-11-6-15-14(23-7-24-15)4-8(11)3-13-17(22)25-16(21-13)10-5-9(20)1-2-12(10)19/h1-6H,7H2/b13-3-. The van der Waals surface area contributed by atoms with Gasteiger partial charge in [-0.25, -0.2) is 9.79 Å². The average Bonchev–Trinajstić information content (AvgIpc) is 3.17. The van der Waals surface area contributed by atoms with E-state index in [9.17, 15) is 4.79 Å². The first kappa shape index (κ1) is 16.9. The Hall–Kier alpha value is -1.58. The van der Waals surface area contributed by atoms with Crippen LogP contribution < -0.4 is 9.47 Å². The molecule has 0 unspecified atom stereocenters. The molecule has 2 aliphatic rings. The number of carbonyl (C=O) groups excluding carboxylic acids is 1. The molecule has 2 heterocycles. The third-order valence-corrected chi connectivity index (χ3v) is 5.25. The Balaban J connectivity index is 1.73. The summed E-state index contributed by atoms with van der Waals surface area (Å²) < 4.78 is 17.7. The topological polar surface area (TPSA) is 57.1 Å². The smallest absolute Gasteiger partial charge is 0.363 e. The lowest BCUT2D eigenvalue weighted by atomic mass is 10.1. The van der Waals surface area contributed by atoms with Crippen LogP contribution in [0, 0.1) is 3.57 Å². The van der Waals surface area contributed by atoms with Crippen molar-refractivity contribution in [2.75, 3.05) is 6.79 Å². The Morgan fingerprint density at radius 3 is 2.76 bits per heavy atom. The van der Waals surface area contributed by atoms with Crippen molar-refractivity contribution in [1.29, 1.82) is 0 Å². The van der Waals surface area contributed by atoms with Gasteiger partial charge in [0.15, 0.2) is 17.2 Å². The average molecular weight is 533 g/mol. The number of cyclic esters (lactones) is 1. The first-order valence-corrected chi connectivity index (χ1v) is 9.33. The Bertz CT molecular complexity index is 973. The number of aliphatic imine (C=N–C) groups is 1. The van der Waals surface area contributed by atoms with Gasteiger partial charge in [0.2, 0.25) is 12.7 Å². The molecule has 0 amide bonds. The maximum absolute atomic E-state index is 12.2. The summed E-state index contributed by atoms with van der Waals surface area (Å²) >= 11 is 11.8. The Morgan fingerprint density at radius 2 is 1.96 bits per heavy atom. The van der Waals surface area contributed by atoms with Crippen LogP contribution in [0.25, 0.3) is 6.08 Å². The van der Waals surface area contributed by atoms with Crippen molar-refractivity contribution in [2.45, 2.75) is 0 Å². The van der Waals surface area contributed by atoms with Crippen molar-refractivity contribution >= 4 is 68.1 Å². The van der Waals surface area contributed by atoms with E-state index in [4.69, 9.17) is 25.8 Å². The Labute approximate surface area is 169 Å². The van der Waals surface area contributed by atoms with E-state index in [1.165, 1.54) is 0 Å². The number of benzene rings is 2. The maximum atomic E-state index is 12.2. The molecule has 2 aliphatic heterocycles. The highest BCUT2D eigenvalue weighted by Crippen LogP contribution is 2.38. The van der Waals surface area contributed by atoms with Gasteiger partial charge in [0.25, 0.3) is 0 Å². The minimum absolute atomic E-state index is 0.178. The second kappa shape index (κ2) is 6.62. The summed E-state index contributed by atoms with van der Waals surface area (Å²) in [6.07, 6.45) is 1.63. The van der Waals surface area contributed by atoms with E-state index in [2.05, 4.69) is 43.5 Å². The largest absolute Gasteiger partial charge is 0.454 e. The van der Waals surface area contributed by atoms with Gasteiger partial charge in [0, 0.05) is 8.04 Å². The van der Waals surface area contributed by atoms with Crippen molar-refractivity contribution in [3.8, 4) is 11.5 Å². The van der Waals surface area contributed by atoms with Gasteiger partial charge in [-0.2, -0.15) is 0 Å². The minimum Gasteiger partial charge on any atom is -0.454 e. The summed E-state index contributed by atoms with van der Waals surface area (Å²) in [5.41, 5.74) is 1.49. The number of esters is 1. The first-order chi connectivity index (χ1) is 12.0. The normalized spacial score (nSPS) is 17.0. The number of fused-ring (bicyclic) bond motifs is 1. The molecule has 0 fully saturated rings. The number of carbonyl (C=O) groups is 1. The van der Waals surface area contributed by atoms with Crippen LogP contribution in [0.4, 0.5) is 0 Å². The molecular weight excluding hydrogens is 524 g/mol. The molecule has 25 heavy (non-hydrogen) atoms. The van der Waals surface area contributed by atoms with Gasteiger partial charge in [-0.3, -0.25) is 0 Å². The van der Waals surface area contributed by atoms with Crippen LogP contribution in [0.2, 0.25) is 5.02 Å². The zero-order chi connectivity index (χ0) is 17.6. The molecule has 0 atom stereocenters. The summed E-state index contributed by atoms with van der Waals surface area (Å²) in [5, 5.41) is 0.470. The van der Waals surface area contributed by atoms with Crippen LogP contribution in [0.1, 0.15) is 11.1 Å². The Morgan fingerprint density at radius 1 is 1.20 bits per heavy atom. The predicted molar refractivity (Wildman–Crippen MR) is 105 cm³/mol. The fraction of sp³-hybridized carbons (Fsp3) is 0.0588. The summed E-state index contributed by atoms with van der Waals surface area (Å²) in [4.78, 5) is 16.5. The molecule has 5 nitrogen and oxygen atoms in total. The molecule has 2 aromatic rings. The van der Waals surface area contributed by atoms with Crippen molar-refractivity contribution in [3.63, 3.8) is 0 Å². The van der Waals surface area contributed by atoms with Gasteiger partial charge < -0.3 is 14.2 Å². The summed E-state index contributed by atoms with van der Waals surface area (Å²) in [6.45, 7) is 0.178. The molecule has 2 aromatic carbocycles. The third-order valence-electron chi connectivity index (χ3n) is 3.56.